The molecule has 1 aromatic rings. The van der Waals surface area contributed by atoms with E-state index < -0.39 is 7.12 Å². The summed E-state index contributed by atoms with van der Waals surface area (Å²) >= 11 is 0. The molecule has 0 aliphatic carbocycles. The summed E-state index contributed by atoms with van der Waals surface area (Å²) in [5.74, 6) is 1.83. The molecular formula is C13H19BN2O3. The molecule has 1 aliphatic heterocycles. The van der Waals surface area contributed by atoms with Gasteiger partial charge in [0, 0.05) is 11.8 Å². The van der Waals surface area contributed by atoms with E-state index in [1.54, 1.807) is 24.3 Å². The minimum atomic E-state index is -0.446. The fourth-order valence-corrected chi connectivity index (χ4v) is 1.77. The van der Waals surface area contributed by atoms with Crippen molar-refractivity contribution in [2.75, 3.05) is 5.73 Å². The Morgan fingerprint density at radius 1 is 1.26 bits per heavy atom. The molecule has 1 saturated heterocycles. The number of hydrogen-bond acceptors (Lipinski definition) is 5. The van der Waals surface area contributed by atoms with Gasteiger partial charge in [0.1, 0.15) is 0 Å². The first kappa shape index (κ1) is 13.9. The molecule has 1 fully saturated rings. The molecule has 1 aliphatic rings. The number of rotatable bonds is 2. The number of aromatic nitrogens is 1. The van der Waals surface area contributed by atoms with E-state index in [-0.39, 0.29) is 22.8 Å². The minimum Gasteiger partial charge on any atom is -0.504 e. The Morgan fingerprint density at radius 3 is 2.42 bits per heavy atom. The smallest absolute Gasteiger partial charge is 0.487 e. The Balaban J connectivity index is 2.15. The number of pyridine rings is 1. The maximum atomic E-state index is 9.76. The third-order valence-corrected chi connectivity index (χ3v) is 3.69. The van der Waals surface area contributed by atoms with Crippen LogP contribution >= 0.6 is 0 Å². The first-order valence-corrected chi connectivity index (χ1v) is 6.20. The summed E-state index contributed by atoms with van der Waals surface area (Å²) in [6.45, 7) is 7.96. The van der Waals surface area contributed by atoms with Gasteiger partial charge in [0.25, 0.3) is 0 Å². The number of nitrogens with two attached hydrogens (primary N) is 1. The van der Waals surface area contributed by atoms with E-state index in [0.29, 0.717) is 5.56 Å². The number of anilines is 1. The van der Waals surface area contributed by atoms with Gasteiger partial charge < -0.3 is 20.1 Å². The third-order valence-electron chi connectivity index (χ3n) is 3.69. The van der Waals surface area contributed by atoms with Gasteiger partial charge in [-0.1, -0.05) is 12.1 Å². The van der Waals surface area contributed by atoms with E-state index in [0.717, 1.165) is 0 Å². The highest BCUT2D eigenvalue weighted by Gasteiger charge is 2.49. The van der Waals surface area contributed by atoms with Crippen LogP contribution in [0.25, 0.3) is 6.08 Å². The Hall–Kier alpha value is -1.53. The molecule has 0 unspecified atom stereocenters. The van der Waals surface area contributed by atoms with Gasteiger partial charge in [-0.15, -0.1) is 0 Å². The van der Waals surface area contributed by atoms with E-state index in [2.05, 4.69) is 4.98 Å². The summed E-state index contributed by atoms with van der Waals surface area (Å²) in [7, 11) is -0.446. The standard InChI is InChI=1S/C13H19BN2O3/c1-12(2)13(3,4)19-14(18-12)7-5-9-6-8-16-11(15)10(9)17/h5-8,17H,1-4H3,(H2,15,16)/b7-5+. The Labute approximate surface area is 113 Å². The van der Waals surface area contributed by atoms with Crippen LogP contribution in [0.5, 0.6) is 5.75 Å². The highest BCUT2D eigenvalue weighted by atomic mass is 16.7. The molecule has 0 spiro atoms. The van der Waals surface area contributed by atoms with Crippen molar-refractivity contribution >= 4 is 19.0 Å². The van der Waals surface area contributed by atoms with Crippen molar-refractivity contribution in [1.82, 2.24) is 4.98 Å². The maximum absolute atomic E-state index is 9.76. The summed E-state index contributed by atoms with van der Waals surface area (Å²) in [5, 5.41) is 9.76. The second-order valence-electron chi connectivity index (χ2n) is 5.62. The van der Waals surface area contributed by atoms with Crippen LogP contribution in [0.4, 0.5) is 5.82 Å². The molecule has 0 amide bonds. The fourth-order valence-electron chi connectivity index (χ4n) is 1.77. The first-order valence-electron chi connectivity index (χ1n) is 6.20. The lowest BCUT2D eigenvalue weighted by molar-refractivity contribution is 0.00578. The van der Waals surface area contributed by atoms with Crippen LogP contribution < -0.4 is 5.73 Å². The lowest BCUT2D eigenvalue weighted by atomic mass is 9.89. The molecule has 0 atom stereocenters. The topological polar surface area (TPSA) is 77.6 Å². The van der Waals surface area contributed by atoms with Crippen LogP contribution in [-0.2, 0) is 9.31 Å². The van der Waals surface area contributed by atoms with Crippen molar-refractivity contribution in [3.8, 4) is 5.75 Å². The molecule has 0 aromatic carbocycles. The van der Waals surface area contributed by atoms with E-state index >= 15 is 0 Å². The van der Waals surface area contributed by atoms with Crippen LogP contribution in [-0.4, -0.2) is 28.4 Å². The molecule has 5 nitrogen and oxygen atoms in total. The van der Waals surface area contributed by atoms with Gasteiger partial charge in [0.2, 0.25) is 0 Å². The summed E-state index contributed by atoms with van der Waals surface area (Å²) < 4.78 is 11.6. The van der Waals surface area contributed by atoms with Crippen LogP contribution in [0.15, 0.2) is 18.2 Å². The van der Waals surface area contributed by atoms with Crippen LogP contribution in [0, 0.1) is 0 Å². The van der Waals surface area contributed by atoms with Gasteiger partial charge in [-0.3, -0.25) is 0 Å². The molecule has 3 N–H and O–H groups in total. The molecular weight excluding hydrogens is 243 g/mol. The SMILES string of the molecule is CC1(C)OB(/C=C/c2ccnc(N)c2O)OC1(C)C. The number of aromatic hydroxyl groups is 1. The maximum Gasteiger partial charge on any atom is 0.487 e. The summed E-state index contributed by atoms with van der Waals surface area (Å²) in [6, 6.07) is 1.67. The minimum absolute atomic E-state index is 0.0322. The number of nitrogens with zero attached hydrogens (tertiary/aromatic N) is 1. The van der Waals surface area contributed by atoms with Gasteiger partial charge in [-0.05, 0) is 33.8 Å². The van der Waals surface area contributed by atoms with Crippen molar-refractivity contribution < 1.29 is 14.4 Å². The van der Waals surface area contributed by atoms with Crippen LogP contribution in [0.2, 0.25) is 0 Å². The van der Waals surface area contributed by atoms with Crippen molar-refractivity contribution in [3.05, 3.63) is 23.8 Å². The zero-order chi connectivity index (χ0) is 14.3. The first-order chi connectivity index (χ1) is 8.73. The summed E-state index contributed by atoms with van der Waals surface area (Å²) in [5.41, 5.74) is 5.37. The molecule has 1 aromatic heterocycles. The molecule has 0 radical (unpaired) electrons. The Morgan fingerprint density at radius 2 is 1.84 bits per heavy atom. The van der Waals surface area contributed by atoms with Crippen molar-refractivity contribution in [3.63, 3.8) is 0 Å². The third kappa shape index (κ3) is 2.59. The highest BCUT2D eigenvalue weighted by molar-refractivity contribution is 6.52. The van der Waals surface area contributed by atoms with E-state index in [1.807, 2.05) is 27.7 Å². The number of hydrogen-bond donors (Lipinski definition) is 2. The Bertz CT molecular complexity index is 499. The second kappa shape index (κ2) is 4.54. The van der Waals surface area contributed by atoms with Crippen molar-refractivity contribution in [2.24, 2.45) is 0 Å². The van der Waals surface area contributed by atoms with E-state index in [9.17, 15) is 5.11 Å². The zero-order valence-corrected chi connectivity index (χ0v) is 11.7. The van der Waals surface area contributed by atoms with Gasteiger partial charge in [-0.2, -0.15) is 0 Å². The molecule has 0 bridgehead atoms. The molecule has 102 valence electrons. The quantitative estimate of drug-likeness (QED) is 0.797. The normalized spacial score (nSPS) is 21.2. The van der Waals surface area contributed by atoms with Crippen LogP contribution in [0.1, 0.15) is 33.3 Å². The van der Waals surface area contributed by atoms with Crippen molar-refractivity contribution in [2.45, 2.75) is 38.9 Å². The van der Waals surface area contributed by atoms with Gasteiger partial charge in [0.05, 0.1) is 11.2 Å². The predicted octanol–water partition coefficient (Wildman–Crippen LogP) is 2.01. The van der Waals surface area contributed by atoms with E-state index in [1.165, 1.54) is 0 Å². The average molecular weight is 262 g/mol. The molecule has 0 saturated carbocycles. The van der Waals surface area contributed by atoms with Crippen molar-refractivity contribution in [1.29, 1.82) is 0 Å². The fraction of sp³-hybridized carbons (Fsp3) is 0.462. The molecule has 2 rings (SSSR count). The van der Waals surface area contributed by atoms with Gasteiger partial charge in [-0.25, -0.2) is 4.98 Å². The lowest BCUT2D eigenvalue weighted by Crippen LogP contribution is -2.41. The Kier molecular flexibility index (Phi) is 3.32. The highest BCUT2D eigenvalue weighted by Crippen LogP contribution is 2.37. The van der Waals surface area contributed by atoms with Gasteiger partial charge in [0.15, 0.2) is 11.6 Å². The summed E-state index contributed by atoms with van der Waals surface area (Å²) in [6.07, 6.45) is 3.26. The van der Waals surface area contributed by atoms with E-state index in [4.69, 9.17) is 15.0 Å². The summed E-state index contributed by atoms with van der Waals surface area (Å²) in [4.78, 5) is 3.80. The number of nitrogen functional groups attached to an aromatic ring is 1. The average Bonchev–Trinajstić information content (AvgIpc) is 2.50. The molecule has 6 heteroatoms. The molecule has 2 heterocycles. The predicted molar refractivity (Wildman–Crippen MR) is 75.4 cm³/mol. The lowest BCUT2D eigenvalue weighted by Gasteiger charge is -2.32. The largest absolute Gasteiger partial charge is 0.504 e. The van der Waals surface area contributed by atoms with Crippen LogP contribution in [0.3, 0.4) is 0 Å². The van der Waals surface area contributed by atoms with Gasteiger partial charge >= 0.3 is 7.12 Å². The monoisotopic (exact) mass is 262 g/mol. The molecule has 19 heavy (non-hydrogen) atoms. The zero-order valence-electron chi connectivity index (χ0n) is 11.7. The second-order valence-corrected chi connectivity index (χ2v) is 5.62.